The molecular weight excluding hydrogens is 524 g/mol. The molecule has 14 heteroatoms. The Hall–Kier alpha value is -3.69. The Balaban J connectivity index is 1.76. The van der Waals surface area contributed by atoms with Crippen LogP contribution >= 0.6 is 12.2 Å². The van der Waals surface area contributed by atoms with Crippen LogP contribution < -0.4 is 15.6 Å². The molecule has 0 spiro atoms. The zero-order chi connectivity index (χ0) is 26.1. The van der Waals surface area contributed by atoms with Crippen LogP contribution in [0.4, 0.5) is 11.4 Å². The molecule has 0 saturated carbocycles. The number of benzene rings is 3. The Morgan fingerprint density at radius 1 is 0.944 bits per heavy atom. The van der Waals surface area contributed by atoms with E-state index in [0.29, 0.717) is 5.52 Å². The normalized spacial score (nSPS) is 12.3. The van der Waals surface area contributed by atoms with Crippen LogP contribution in [0.3, 0.4) is 0 Å². The molecule has 0 radical (unpaired) electrons. The van der Waals surface area contributed by atoms with Crippen molar-refractivity contribution in [1.82, 2.24) is 4.57 Å². The fourth-order valence-corrected chi connectivity index (χ4v) is 4.94. The Kier molecular flexibility index (Phi) is 6.88. The van der Waals surface area contributed by atoms with Crippen molar-refractivity contribution in [2.24, 2.45) is 20.5 Å². The zero-order valence-corrected chi connectivity index (χ0v) is 20.9. The second-order valence-electron chi connectivity index (χ2n) is 7.64. The van der Waals surface area contributed by atoms with E-state index < -0.39 is 20.0 Å². The lowest BCUT2D eigenvalue weighted by Gasteiger charge is -2.08. The molecule has 11 nitrogen and oxygen atoms in total. The van der Waals surface area contributed by atoms with E-state index in [1.807, 2.05) is 30.3 Å². The molecule has 0 aliphatic rings. The molecule has 186 valence electrons. The molecule has 1 heterocycles. The van der Waals surface area contributed by atoms with Crippen LogP contribution in [-0.2, 0) is 26.6 Å². The van der Waals surface area contributed by atoms with Gasteiger partial charge in [-0.1, -0.05) is 42.5 Å². The number of anilines is 1. The number of nitrogens with two attached hydrogens (primary N) is 2. The average molecular weight is 545 g/mol. The van der Waals surface area contributed by atoms with Crippen LogP contribution in [0.25, 0.3) is 10.9 Å². The summed E-state index contributed by atoms with van der Waals surface area (Å²) in [4.78, 5) is -0.367. The van der Waals surface area contributed by atoms with Crippen molar-refractivity contribution >= 4 is 59.7 Å². The topological polar surface area (TPSA) is 182 Å². The molecule has 6 N–H and O–H groups in total. The highest BCUT2D eigenvalue weighted by atomic mass is 32.2. The molecule has 0 amide bonds. The number of rotatable bonds is 6. The van der Waals surface area contributed by atoms with Crippen LogP contribution in [0.15, 0.2) is 92.8 Å². The van der Waals surface area contributed by atoms with Gasteiger partial charge in [0.2, 0.25) is 31.0 Å². The predicted molar refractivity (Wildman–Crippen MR) is 139 cm³/mol. The maximum Gasteiger partial charge on any atom is 0.240 e. The molecule has 1 aromatic heterocycles. The summed E-state index contributed by atoms with van der Waals surface area (Å²) >= 11 is 5.17. The molecule has 3 aromatic carbocycles. The molecule has 4 rings (SSSR count). The molecule has 0 saturated heterocycles. The SMILES string of the molecule is NS(=O)(=O)c1ccc2c(c1)c(N=NC(=S)Nc1ccccc1S(N)(=O)=O)c(O)n2Cc1ccccc1. The van der Waals surface area contributed by atoms with E-state index in [9.17, 15) is 21.9 Å². The number of azo groups is 1. The fraction of sp³-hybridized carbons (Fsp3) is 0.0455. The molecule has 0 unspecified atom stereocenters. The van der Waals surface area contributed by atoms with Gasteiger partial charge >= 0.3 is 0 Å². The number of thiocarbonyl (C=S) groups is 1. The molecular formula is C22H20N6O5S3. The minimum absolute atomic E-state index is 0.0460. The van der Waals surface area contributed by atoms with Gasteiger partial charge < -0.3 is 15.0 Å². The number of fused-ring (bicyclic) bond motifs is 1. The second kappa shape index (κ2) is 9.75. The number of aromatic hydroxyl groups is 1. The van der Waals surface area contributed by atoms with Gasteiger partial charge in [-0.15, -0.1) is 10.2 Å². The fourth-order valence-electron chi connectivity index (χ4n) is 3.56. The summed E-state index contributed by atoms with van der Waals surface area (Å²) in [5.74, 6) is -0.281. The van der Waals surface area contributed by atoms with Crippen LogP contribution in [0, 0.1) is 0 Å². The average Bonchev–Trinajstić information content (AvgIpc) is 3.07. The number of aromatic nitrogens is 1. The smallest absolute Gasteiger partial charge is 0.240 e. The Bertz CT molecular complexity index is 1720. The van der Waals surface area contributed by atoms with E-state index in [-0.39, 0.29) is 44.1 Å². The number of primary sulfonamides is 2. The summed E-state index contributed by atoms with van der Waals surface area (Å²) < 4.78 is 49.0. The lowest BCUT2D eigenvalue weighted by molar-refractivity contribution is 0.429. The third-order valence-electron chi connectivity index (χ3n) is 5.17. The van der Waals surface area contributed by atoms with Gasteiger partial charge in [0.15, 0.2) is 5.69 Å². The highest BCUT2D eigenvalue weighted by Gasteiger charge is 2.20. The van der Waals surface area contributed by atoms with Crippen molar-refractivity contribution in [3.05, 3.63) is 78.4 Å². The Morgan fingerprint density at radius 2 is 1.61 bits per heavy atom. The number of nitrogens with zero attached hydrogens (tertiary/aromatic N) is 3. The van der Waals surface area contributed by atoms with Crippen molar-refractivity contribution in [3.63, 3.8) is 0 Å². The van der Waals surface area contributed by atoms with E-state index in [4.69, 9.17) is 22.5 Å². The first-order valence-corrected chi connectivity index (χ1v) is 13.7. The van der Waals surface area contributed by atoms with Gasteiger partial charge in [-0.2, -0.15) is 0 Å². The first kappa shape index (κ1) is 25.4. The van der Waals surface area contributed by atoms with Gasteiger partial charge in [0.25, 0.3) is 0 Å². The molecule has 0 aliphatic heterocycles. The maximum atomic E-state index is 11.9. The van der Waals surface area contributed by atoms with Crippen LogP contribution in [0.5, 0.6) is 5.88 Å². The summed E-state index contributed by atoms with van der Waals surface area (Å²) in [6, 6.07) is 19.2. The summed E-state index contributed by atoms with van der Waals surface area (Å²) in [6.45, 7) is 0.262. The molecule has 0 bridgehead atoms. The van der Waals surface area contributed by atoms with Gasteiger partial charge in [0.1, 0.15) is 4.90 Å². The van der Waals surface area contributed by atoms with Crippen LogP contribution in [-0.4, -0.2) is 31.6 Å². The lowest BCUT2D eigenvalue weighted by Crippen LogP contribution is -2.16. The lowest BCUT2D eigenvalue weighted by atomic mass is 10.2. The van der Waals surface area contributed by atoms with Crippen molar-refractivity contribution in [2.75, 3.05) is 5.32 Å². The number of nitrogens with one attached hydrogen (secondary N) is 1. The molecule has 0 atom stereocenters. The number of sulfonamides is 2. The highest BCUT2D eigenvalue weighted by Crippen LogP contribution is 2.40. The van der Waals surface area contributed by atoms with Crippen LogP contribution in [0.1, 0.15) is 5.56 Å². The first-order chi connectivity index (χ1) is 16.9. The third-order valence-corrected chi connectivity index (χ3v) is 7.23. The number of hydrogen-bond acceptors (Lipinski definition) is 7. The standard InChI is InChI=1S/C22H20N6O5S3/c23-35(30,31)15-10-11-18-16(12-15)20(21(29)28(18)13-14-6-2-1-3-7-14)26-27-22(34)25-17-8-4-5-9-19(17)36(24,32)33/h1-12,29H,13H2,(H,25,34)(H2,23,30,31)(H2,24,32,33). The van der Waals surface area contributed by atoms with Crippen LogP contribution in [0.2, 0.25) is 0 Å². The van der Waals surface area contributed by atoms with Gasteiger partial charge in [-0.05, 0) is 48.1 Å². The van der Waals surface area contributed by atoms with E-state index in [1.165, 1.54) is 36.4 Å². The van der Waals surface area contributed by atoms with Gasteiger partial charge in [-0.3, -0.25) is 0 Å². The van der Waals surface area contributed by atoms with Crippen molar-refractivity contribution in [3.8, 4) is 5.88 Å². The van der Waals surface area contributed by atoms with E-state index in [1.54, 1.807) is 10.6 Å². The predicted octanol–water partition coefficient (Wildman–Crippen LogP) is 3.17. The Morgan fingerprint density at radius 3 is 2.28 bits per heavy atom. The number of hydrogen-bond donors (Lipinski definition) is 4. The molecule has 36 heavy (non-hydrogen) atoms. The molecule has 4 aromatic rings. The monoisotopic (exact) mass is 544 g/mol. The van der Waals surface area contributed by atoms with E-state index >= 15 is 0 Å². The largest absolute Gasteiger partial charge is 0.493 e. The first-order valence-electron chi connectivity index (χ1n) is 10.2. The molecule has 0 fully saturated rings. The summed E-state index contributed by atoms with van der Waals surface area (Å²) in [5.41, 5.74) is 1.41. The minimum atomic E-state index is -4.03. The summed E-state index contributed by atoms with van der Waals surface area (Å²) in [7, 11) is -8.07. The zero-order valence-electron chi connectivity index (χ0n) is 18.4. The van der Waals surface area contributed by atoms with Crippen molar-refractivity contribution < 1.29 is 21.9 Å². The minimum Gasteiger partial charge on any atom is -0.493 e. The van der Waals surface area contributed by atoms with Gasteiger partial charge in [0.05, 0.1) is 22.6 Å². The van der Waals surface area contributed by atoms with Gasteiger partial charge in [-0.25, -0.2) is 27.1 Å². The second-order valence-corrected chi connectivity index (χ2v) is 11.1. The summed E-state index contributed by atoms with van der Waals surface area (Å²) in [6.07, 6.45) is 0. The maximum absolute atomic E-state index is 11.9. The van der Waals surface area contributed by atoms with Crippen molar-refractivity contribution in [1.29, 1.82) is 0 Å². The quantitative estimate of drug-likeness (QED) is 0.212. The Labute approximate surface area is 212 Å². The third kappa shape index (κ3) is 5.42. The molecule has 0 aliphatic carbocycles. The van der Waals surface area contributed by atoms with Gasteiger partial charge in [0, 0.05) is 5.39 Å². The van der Waals surface area contributed by atoms with E-state index in [0.717, 1.165) is 5.56 Å². The van der Waals surface area contributed by atoms with Crippen molar-refractivity contribution in [2.45, 2.75) is 16.3 Å². The summed E-state index contributed by atoms with van der Waals surface area (Å²) in [5, 5.41) is 32.1. The number of para-hydroxylation sites is 1. The van der Waals surface area contributed by atoms with E-state index in [2.05, 4.69) is 15.5 Å². The highest BCUT2D eigenvalue weighted by molar-refractivity contribution is 7.89.